The maximum atomic E-state index is 9.95. The van der Waals surface area contributed by atoms with Crippen molar-refractivity contribution < 1.29 is 5.11 Å². The summed E-state index contributed by atoms with van der Waals surface area (Å²) in [6.07, 6.45) is 2.98. The van der Waals surface area contributed by atoms with Gasteiger partial charge in [0.2, 0.25) is 0 Å². The van der Waals surface area contributed by atoms with Gasteiger partial charge in [-0.3, -0.25) is 9.98 Å². The van der Waals surface area contributed by atoms with Crippen LogP contribution < -0.4 is 5.73 Å². The van der Waals surface area contributed by atoms with E-state index in [0.29, 0.717) is 33.7 Å². The van der Waals surface area contributed by atoms with Gasteiger partial charge in [0.15, 0.2) is 0 Å². The molecule has 140 valence electrons. The molecule has 0 saturated heterocycles. The van der Waals surface area contributed by atoms with Gasteiger partial charge >= 0.3 is 0 Å². The number of hydrogen-bond acceptors (Lipinski definition) is 8. The van der Waals surface area contributed by atoms with Crippen LogP contribution in [0.25, 0.3) is 16.6 Å². The highest BCUT2D eigenvalue weighted by Crippen LogP contribution is 2.34. The largest absolute Gasteiger partial charge is 0.506 e. The third-order valence-corrected chi connectivity index (χ3v) is 4.28. The molecule has 0 saturated carbocycles. The minimum Gasteiger partial charge on any atom is -0.506 e. The van der Waals surface area contributed by atoms with Crippen LogP contribution in [-0.4, -0.2) is 26.6 Å². The zero-order chi connectivity index (χ0) is 20.4. The normalized spacial score (nSPS) is 11.0. The number of nitrogen functional groups attached to an aromatic ring is 1. The number of pyridine rings is 1. The molecular weight excluding hydrogens is 368 g/mol. The predicted molar refractivity (Wildman–Crippen MR) is 109 cm³/mol. The van der Waals surface area contributed by atoms with Crippen molar-refractivity contribution in [2.24, 2.45) is 15.2 Å². The van der Waals surface area contributed by atoms with Crippen molar-refractivity contribution in [3.63, 3.8) is 0 Å². The number of aromatic hydroxyl groups is 1. The van der Waals surface area contributed by atoms with E-state index in [9.17, 15) is 5.11 Å². The molecule has 2 aromatic carbocycles. The molecule has 0 aliphatic rings. The lowest BCUT2D eigenvalue weighted by Crippen LogP contribution is -2.02. The topological polar surface area (TPSA) is 138 Å². The van der Waals surface area contributed by atoms with Gasteiger partial charge in [-0.05, 0) is 49.2 Å². The minimum atomic E-state index is 0.0747. The molecule has 9 heteroatoms. The molecule has 2 heterocycles. The predicted octanol–water partition coefficient (Wildman–Crippen LogP) is 4.33. The fourth-order valence-corrected chi connectivity index (χ4v) is 2.85. The van der Waals surface area contributed by atoms with Gasteiger partial charge in [-0.15, -0.1) is 5.11 Å². The zero-order valence-electron chi connectivity index (χ0n) is 15.1. The molecule has 0 amide bonds. The number of aliphatic imine (C=N–C) groups is 1. The highest BCUT2D eigenvalue weighted by atomic mass is 16.3. The first-order valence-corrected chi connectivity index (χ1v) is 8.45. The quantitative estimate of drug-likeness (QED) is 0.400. The fraction of sp³-hybridized carbons (Fsp3) is 0. The maximum Gasteiger partial charge on any atom is 0.145 e. The van der Waals surface area contributed by atoms with Crippen molar-refractivity contribution in [2.75, 3.05) is 5.73 Å². The van der Waals surface area contributed by atoms with Crippen LogP contribution in [-0.2, 0) is 0 Å². The number of nitrogens with two attached hydrogens (primary N) is 1. The first kappa shape index (κ1) is 17.8. The van der Waals surface area contributed by atoms with Crippen LogP contribution in [0, 0.1) is 11.3 Å². The molecule has 0 radical (unpaired) electrons. The van der Waals surface area contributed by atoms with E-state index in [1.165, 1.54) is 16.9 Å². The smallest absolute Gasteiger partial charge is 0.145 e. The Morgan fingerprint density at radius 1 is 1.14 bits per heavy atom. The minimum absolute atomic E-state index is 0.0747. The molecule has 0 bridgehead atoms. The van der Waals surface area contributed by atoms with Gasteiger partial charge in [0, 0.05) is 11.6 Å². The van der Waals surface area contributed by atoms with Crippen molar-refractivity contribution in [2.45, 2.75) is 0 Å². The van der Waals surface area contributed by atoms with E-state index in [0.717, 1.165) is 0 Å². The number of aromatic nitrogens is 3. The summed E-state index contributed by atoms with van der Waals surface area (Å²) in [5, 5.41) is 32.5. The van der Waals surface area contributed by atoms with Crippen molar-refractivity contribution in [1.29, 1.82) is 5.26 Å². The molecule has 4 rings (SSSR count). The summed E-state index contributed by atoms with van der Waals surface area (Å²) in [5.74, 6) is 0.271. The zero-order valence-corrected chi connectivity index (χ0v) is 15.1. The van der Waals surface area contributed by atoms with Crippen LogP contribution in [0.3, 0.4) is 0 Å². The van der Waals surface area contributed by atoms with Gasteiger partial charge < -0.3 is 10.8 Å². The van der Waals surface area contributed by atoms with Crippen LogP contribution in [0.5, 0.6) is 5.75 Å². The number of phenols is 1. The lowest BCUT2D eigenvalue weighted by atomic mass is 10.2. The van der Waals surface area contributed by atoms with E-state index in [2.05, 4.69) is 32.0 Å². The molecule has 29 heavy (non-hydrogen) atoms. The summed E-state index contributed by atoms with van der Waals surface area (Å²) in [4.78, 5) is 8.15. The number of nitriles is 1. The van der Waals surface area contributed by atoms with Gasteiger partial charge in [0.1, 0.15) is 28.7 Å². The Bertz CT molecular complexity index is 1320. The number of phenolic OH excluding ortho intramolecular Hbond substituents is 1. The first-order chi connectivity index (χ1) is 14.1. The molecule has 9 nitrogen and oxygen atoms in total. The Labute approximate surface area is 165 Å². The number of nitrogens with zero attached hydrogens (tertiary/aromatic N) is 7. The molecule has 0 aliphatic heterocycles. The highest BCUT2D eigenvalue weighted by Gasteiger charge is 2.13. The van der Waals surface area contributed by atoms with Crippen LogP contribution >= 0.6 is 0 Å². The second-order valence-electron chi connectivity index (χ2n) is 6.00. The lowest BCUT2D eigenvalue weighted by Gasteiger charge is -2.08. The average Bonchev–Trinajstić information content (AvgIpc) is 3.13. The van der Waals surface area contributed by atoms with Gasteiger partial charge in [0.05, 0.1) is 28.9 Å². The van der Waals surface area contributed by atoms with E-state index in [1.54, 1.807) is 42.6 Å². The number of hydrogen-bond donors (Lipinski definition) is 2. The Kier molecular flexibility index (Phi) is 4.43. The standard InChI is InChI=1S/C20H14N8O/c1-23-16-5-4-13(9-17(16)28-20(22)12(10-21)11-25-28)26-27-15-6-7-18(29)19-14(15)3-2-8-24-19/h2-9,11,29H,1,22H2. The monoisotopic (exact) mass is 382 g/mol. The number of benzene rings is 2. The van der Waals surface area contributed by atoms with Crippen molar-refractivity contribution >= 4 is 40.5 Å². The SMILES string of the molecule is C=Nc1ccc(N=Nc2ccc(O)c3ncccc23)cc1-n1ncc(C#N)c1N. The van der Waals surface area contributed by atoms with Crippen molar-refractivity contribution in [3.8, 4) is 17.5 Å². The number of anilines is 1. The summed E-state index contributed by atoms with van der Waals surface area (Å²) in [5.41, 5.74) is 8.83. The van der Waals surface area contributed by atoms with Gasteiger partial charge in [-0.25, -0.2) is 4.68 Å². The second-order valence-corrected chi connectivity index (χ2v) is 6.00. The van der Waals surface area contributed by atoms with Crippen molar-refractivity contribution in [1.82, 2.24) is 14.8 Å². The van der Waals surface area contributed by atoms with Gasteiger partial charge in [0.25, 0.3) is 0 Å². The fourth-order valence-electron chi connectivity index (χ4n) is 2.85. The van der Waals surface area contributed by atoms with Crippen molar-refractivity contribution in [3.05, 3.63) is 60.4 Å². The molecule has 0 spiro atoms. The second kappa shape index (κ2) is 7.21. The molecule has 4 aromatic rings. The number of azo groups is 1. The van der Waals surface area contributed by atoms with E-state index in [-0.39, 0.29) is 17.1 Å². The van der Waals surface area contributed by atoms with Crippen LogP contribution in [0.4, 0.5) is 22.9 Å². The Hall–Kier alpha value is -4.58. The molecule has 0 atom stereocenters. The summed E-state index contributed by atoms with van der Waals surface area (Å²) < 4.78 is 1.40. The summed E-state index contributed by atoms with van der Waals surface area (Å²) >= 11 is 0. The summed E-state index contributed by atoms with van der Waals surface area (Å²) in [6.45, 7) is 3.56. The number of fused-ring (bicyclic) bond motifs is 1. The first-order valence-electron chi connectivity index (χ1n) is 8.45. The lowest BCUT2D eigenvalue weighted by molar-refractivity contribution is 0.480. The molecule has 0 aliphatic carbocycles. The Balaban J connectivity index is 1.78. The number of rotatable bonds is 4. The summed E-state index contributed by atoms with van der Waals surface area (Å²) in [7, 11) is 0. The third-order valence-electron chi connectivity index (χ3n) is 4.28. The van der Waals surface area contributed by atoms with Gasteiger partial charge in [-0.2, -0.15) is 15.5 Å². The molecule has 0 fully saturated rings. The van der Waals surface area contributed by atoms with E-state index in [1.807, 2.05) is 6.07 Å². The van der Waals surface area contributed by atoms with Crippen LogP contribution in [0.2, 0.25) is 0 Å². The van der Waals surface area contributed by atoms with E-state index < -0.39 is 0 Å². The van der Waals surface area contributed by atoms with E-state index >= 15 is 0 Å². The van der Waals surface area contributed by atoms with Gasteiger partial charge in [-0.1, -0.05) is 0 Å². The molecular formula is C20H14N8O. The third kappa shape index (κ3) is 3.15. The van der Waals surface area contributed by atoms with Crippen LogP contribution in [0.15, 0.2) is 70.1 Å². The highest BCUT2D eigenvalue weighted by molar-refractivity contribution is 5.93. The Morgan fingerprint density at radius 3 is 2.72 bits per heavy atom. The Morgan fingerprint density at radius 2 is 1.97 bits per heavy atom. The molecule has 3 N–H and O–H groups in total. The van der Waals surface area contributed by atoms with E-state index in [4.69, 9.17) is 11.0 Å². The summed E-state index contributed by atoms with van der Waals surface area (Å²) in [6, 6.07) is 13.9. The molecule has 2 aromatic heterocycles. The molecule has 0 unspecified atom stereocenters. The maximum absolute atomic E-state index is 9.95. The van der Waals surface area contributed by atoms with Crippen LogP contribution in [0.1, 0.15) is 5.56 Å². The average molecular weight is 382 g/mol.